The summed E-state index contributed by atoms with van der Waals surface area (Å²) in [4.78, 5) is 0. The molecule has 0 N–H and O–H groups in total. The third-order valence-electron chi connectivity index (χ3n) is 1.35. The third-order valence-corrected chi connectivity index (χ3v) is 1.35. The van der Waals surface area contributed by atoms with Gasteiger partial charge in [-0.1, -0.05) is 39.0 Å². The van der Waals surface area contributed by atoms with E-state index in [-0.39, 0.29) is 32.7 Å². The van der Waals surface area contributed by atoms with Crippen molar-refractivity contribution in [2.45, 2.75) is 45.4 Å². The maximum atomic E-state index is 3.78. The van der Waals surface area contributed by atoms with E-state index >= 15 is 0 Å². The standard InChI is InChI=1S/C8H17.Y/c1-3-5-7-8-6-4-2;/h1,3-8H2,2H3;/q-1;. The topological polar surface area (TPSA) is 0 Å². The van der Waals surface area contributed by atoms with E-state index in [2.05, 4.69) is 13.8 Å². The van der Waals surface area contributed by atoms with E-state index in [9.17, 15) is 0 Å². The second-order valence-corrected chi connectivity index (χ2v) is 2.27. The van der Waals surface area contributed by atoms with Gasteiger partial charge in [0.2, 0.25) is 0 Å². The summed E-state index contributed by atoms with van der Waals surface area (Å²) in [5.41, 5.74) is 0. The summed E-state index contributed by atoms with van der Waals surface area (Å²) < 4.78 is 0. The Bertz CT molecular complexity index is 29.5. The first-order chi connectivity index (χ1) is 3.91. The van der Waals surface area contributed by atoms with Crippen molar-refractivity contribution in [3.63, 3.8) is 0 Å². The fourth-order valence-corrected chi connectivity index (χ4v) is 0.780. The number of hydrogen-bond donors (Lipinski definition) is 0. The Balaban J connectivity index is 0. The van der Waals surface area contributed by atoms with Gasteiger partial charge >= 0.3 is 0 Å². The van der Waals surface area contributed by atoms with E-state index in [0.29, 0.717) is 0 Å². The zero-order valence-electron chi connectivity index (χ0n) is 6.53. The summed E-state index contributed by atoms with van der Waals surface area (Å²) in [5, 5.41) is 0. The molecule has 0 aromatic rings. The summed E-state index contributed by atoms with van der Waals surface area (Å²) >= 11 is 0. The Morgan fingerprint density at radius 3 is 2.00 bits per heavy atom. The summed E-state index contributed by atoms with van der Waals surface area (Å²) in [6, 6.07) is 0. The maximum Gasteiger partial charge on any atom is 0 e. The Morgan fingerprint density at radius 1 is 1.00 bits per heavy atom. The van der Waals surface area contributed by atoms with Crippen LogP contribution >= 0.6 is 0 Å². The molecule has 9 heavy (non-hydrogen) atoms. The zero-order chi connectivity index (χ0) is 6.24. The maximum absolute atomic E-state index is 3.78. The predicted octanol–water partition coefficient (Wildman–Crippen LogP) is 3.18. The first-order valence-corrected chi connectivity index (χ1v) is 3.71. The van der Waals surface area contributed by atoms with Crippen molar-refractivity contribution >= 4 is 0 Å². The van der Waals surface area contributed by atoms with Gasteiger partial charge in [-0.25, -0.2) is 0 Å². The van der Waals surface area contributed by atoms with Crippen molar-refractivity contribution < 1.29 is 32.7 Å². The molecule has 0 amide bonds. The molecule has 0 aromatic carbocycles. The molecule has 1 heteroatoms. The average molecular weight is 202 g/mol. The van der Waals surface area contributed by atoms with Crippen molar-refractivity contribution in [2.75, 3.05) is 0 Å². The number of unbranched alkanes of at least 4 members (excludes halogenated alkanes) is 5. The summed E-state index contributed by atoms with van der Waals surface area (Å²) in [7, 11) is 0. The normalized spacial score (nSPS) is 8.67. The van der Waals surface area contributed by atoms with Crippen LogP contribution in [0.25, 0.3) is 0 Å². The predicted molar refractivity (Wildman–Crippen MR) is 38.7 cm³/mol. The molecule has 1 radical (unpaired) electrons. The molecule has 0 saturated heterocycles. The summed E-state index contributed by atoms with van der Waals surface area (Å²) in [6.07, 6.45) is 7.98. The minimum absolute atomic E-state index is 0. The van der Waals surface area contributed by atoms with Crippen LogP contribution in [0.2, 0.25) is 0 Å². The van der Waals surface area contributed by atoms with Crippen LogP contribution in [-0.4, -0.2) is 0 Å². The molecule has 0 aliphatic heterocycles. The van der Waals surface area contributed by atoms with Crippen LogP contribution in [0.4, 0.5) is 0 Å². The first kappa shape index (κ1) is 12.8. The van der Waals surface area contributed by atoms with Crippen LogP contribution in [0, 0.1) is 6.92 Å². The van der Waals surface area contributed by atoms with Crippen molar-refractivity contribution in [3.8, 4) is 0 Å². The van der Waals surface area contributed by atoms with Crippen LogP contribution in [0.1, 0.15) is 45.4 Å². The quantitative estimate of drug-likeness (QED) is 0.474. The van der Waals surface area contributed by atoms with Crippen molar-refractivity contribution in [1.29, 1.82) is 0 Å². The largest absolute Gasteiger partial charge is 0.343 e. The Morgan fingerprint density at radius 2 is 1.56 bits per heavy atom. The van der Waals surface area contributed by atoms with Gasteiger partial charge in [0.25, 0.3) is 0 Å². The molecule has 0 spiro atoms. The Kier molecular flexibility index (Phi) is 16.8. The second-order valence-electron chi connectivity index (χ2n) is 2.27. The minimum atomic E-state index is 0. The number of rotatable bonds is 5. The van der Waals surface area contributed by atoms with E-state index < -0.39 is 0 Å². The summed E-state index contributed by atoms with van der Waals surface area (Å²) in [5.74, 6) is 0. The van der Waals surface area contributed by atoms with Crippen LogP contribution in [-0.2, 0) is 32.7 Å². The van der Waals surface area contributed by atoms with Crippen LogP contribution in [0.15, 0.2) is 0 Å². The molecule has 0 saturated carbocycles. The molecule has 0 unspecified atom stereocenters. The van der Waals surface area contributed by atoms with E-state index in [1.165, 1.54) is 32.1 Å². The fourth-order valence-electron chi connectivity index (χ4n) is 0.780. The van der Waals surface area contributed by atoms with Gasteiger partial charge in [0, 0.05) is 32.7 Å². The molecular weight excluding hydrogens is 185 g/mol. The van der Waals surface area contributed by atoms with Gasteiger partial charge in [0.1, 0.15) is 0 Å². The van der Waals surface area contributed by atoms with E-state index in [0.717, 1.165) is 6.42 Å². The van der Waals surface area contributed by atoms with Gasteiger partial charge in [0.05, 0.1) is 0 Å². The third kappa shape index (κ3) is 12.3. The number of hydrogen-bond acceptors (Lipinski definition) is 0. The molecule has 0 aliphatic carbocycles. The van der Waals surface area contributed by atoms with E-state index in [1.54, 1.807) is 0 Å². The molecular formula is C8H17Y-. The average Bonchev–Trinajstić information content (AvgIpc) is 1.81. The Labute approximate surface area is 84.7 Å². The molecule has 0 heterocycles. The van der Waals surface area contributed by atoms with Gasteiger partial charge in [-0.05, 0) is 0 Å². The molecule has 0 fully saturated rings. The van der Waals surface area contributed by atoms with Crippen molar-refractivity contribution in [1.82, 2.24) is 0 Å². The fraction of sp³-hybridized carbons (Fsp3) is 0.875. The molecule has 0 nitrogen and oxygen atoms in total. The van der Waals surface area contributed by atoms with Crippen molar-refractivity contribution in [3.05, 3.63) is 6.92 Å². The van der Waals surface area contributed by atoms with Gasteiger partial charge in [-0.3, -0.25) is 0 Å². The second kappa shape index (κ2) is 11.8. The van der Waals surface area contributed by atoms with Gasteiger partial charge in [-0.15, -0.1) is 0 Å². The molecule has 0 aliphatic rings. The zero-order valence-corrected chi connectivity index (χ0v) is 9.37. The van der Waals surface area contributed by atoms with Crippen LogP contribution in [0.5, 0.6) is 0 Å². The van der Waals surface area contributed by atoms with Gasteiger partial charge < -0.3 is 6.92 Å². The van der Waals surface area contributed by atoms with Crippen LogP contribution < -0.4 is 0 Å². The van der Waals surface area contributed by atoms with Gasteiger partial charge in [-0.2, -0.15) is 6.42 Å². The molecule has 0 bridgehead atoms. The van der Waals surface area contributed by atoms with Crippen LogP contribution in [0.3, 0.4) is 0 Å². The van der Waals surface area contributed by atoms with Crippen molar-refractivity contribution in [2.24, 2.45) is 0 Å². The smallest absolute Gasteiger partial charge is 0 e. The minimum Gasteiger partial charge on any atom is -0.343 e. The molecule has 0 aromatic heterocycles. The molecule has 0 atom stereocenters. The molecule has 53 valence electrons. The first-order valence-electron chi connectivity index (χ1n) is 3.71. The monoisotopic (exact) mass is 202 g/mol. The van der Waals surface area contributed by atoms with E-state index in [1.807, 2.05) is 0 Å². The van der Waals surface area contributed by atoms with E-state index in [4.69, 9.17) is 0 Å². The summed E-state index contributed by atoms with van der Waals surface area (Å²) in [6.45, 7) is 6.02. The van der Waals surface area contributed by atoms with Gasteiger partial charge in [0.15, 0.2) is 0 Å². The Hall–Kier alpha value is 1.10. The SMILES string of the molecule is [CH2-]CCCCCCC.[Y]. The molecule has 0 rings (SSSR count).